The number of piperidine rings is 1. The summed E-state index contributed by atoms with van der Waals surface area (Å²) in [5, 5.41) is 3.58. The second kappa shape index (κ2) is 6.02. The molecule has 3 aliphatic rings. The van der Waals surface area contributed by atoms with Crippen LogP contribution in [0.3, 0.4) is 0 Å². The number of fused-ring (bicyclic) bond motifs is 2. The van der Waals surface area contributed by atoms with Crippen molar-refractivity contribution in [2.45, 2.75) is 45.2 Å². The third-order valence-corrected chi connectivity index (χ3v) is 6.77. The van der Waals surface area contributed by atoms with E-state index in [9.17, 15) is 0 Å². The highest BCUT2D eigenvalue weighted by Gasteiger charge is 2.43. The predicted octanol–water partition coefficient (Wildman–Crippen LogP) is 4.66. The number of para-hydroxylation sites is 2. The Labute approximate surface area is 157 Å². The molecule has 1 saturated heterocycles. The normalized spacial score (nSPS) is 27.1. The molecule has 0 bridgehead atoms. The van der Waals surface area contributed by atoms with Crippen molar-refractivity contribution in [2.24, 2.45) is 5.41 Å². The summed E-state index contributed by atoms with van der Waals surface area (Å²) in [6.45, 7) is 8.25. The van der Waals surface area contributed by atoms with Crippen molar-refractivity contribution < 1.29 is 0 Å². The van der Waals surface area contributed by atoms with Gasteiger partial charge in [-0.25, -0.2) is 0 Å². The summed E-state index contributed by atoms with van der Waals surface area (Å²) in [5.41, 5.74) is 6.08. The maximum Gasteiger partial charge on any atom is 0.0880 e. The van der Waals surface area contributed by atoms with Crippen molar-refractivity contribution in [3.63, 3.8) is 0 Å². The maximum absolute atomic E-state index is 3.58. The SMILES string of the molecule is CC1(C)CN(C2CCc3ccccc32)CCC1N1CNc2ccccc21. The highest BCUT2D eigenvalue weighted by Crippen LogP contribution is 2.44. The van der Waals surface area contributed by atoms with Crippen LogP contribution in [0, 0.1) is 5.41 Å². The van der Waals surface area contributed by atoms with Gasteiger partial charge >= 0.3 is 0 Å². The van der Waals surface area contributed by atoms with Gasteiger partial charge in [0.25, 0.3) is 0 Å². The van der Waals surface area contributed by atoms with Gasteiger partial charge in [-0.1, -0.05) is 50.2 Å². The van der Waals surface area contributed by atoms with Gasteiger partial charge in [0.2, 0.25) is 0 Å². The monoisotopic (exact) mass is 347 g/mol. The smallest absolute Gasteiger partial charge is 0.0880 e. The van der Waals surface area contributed by atoms with Crippen LogP contribution in [0.5, 0.6) is 0 Å². The van der Waals surface area contributed by atoms with Crippen molar-refractivity contribution in [3.05, 3.63) is 59.7 Å². The molecule has 1 N–H and O–H groups in total. The quantitative estimate of drug-likeness (QED) is 0.852. The Kier molecular flexibility index (Phi) is 3.75. The van der Waals surface area contributed by atoms with E-state index in [1.807, 2.05) is 0 Å². The summed E-state index contributed by atoms with van der Waals surface area (Å²) >= 11 is 0. The molecule has 0 saturated carbocycles. The highest BCUT2D eigenvalue weighted by atomic mass is 15.3. The van der Waals surface area contributed by atoms with Crippen molar-refractivity contribution >= 4 is 11.4 Å². The molecule has 1 fully saturated rings. The number of aryl methyl sites for hydroxylation is 1. The minimum absolute atomic E-state index is 0.273. The summed E-state index contributed by atoms with van der Waals surface area (Å²) in [7, 11) is 0. The molecule has 0 aromatic heterocycles. The molecule has 2 heterocycles. The van der Waals surface area contributed by atoms with E-state index in [4.69, 9.17) is 0 Å². The van der Waals surface area contributed by atoms with Crippen molar-refractivity contribution in [2.75, 3.05) is 30.0 Å². The molecule has 2 atom stereocenters. The van der Waals surface area contributed by atoms with Gasteiger partial charge in [0.05, 0.1) is 18.0 Å². The Morgan fingerprint density at radius 2 is 1.81 bits per heavy atom. The minimum Gasteiger partial charge on any atom is -0.366 e. The molecule has 2 unspecified atom stereocenters. The Bertz CT molecular complexity index is 813. The van der Waals surface area contributed by atoms with Crippen LogP contribution < -0.4 is 10.2 Å². The fraction of sp³-hybridized carbons (Fsp3) is 0.478. The number of hydrogen-bond donors (Lipinski definition) is 1. The zero-order valence-corrected chi connectivity index (χ0v) is 15.9. The van der Waals surface area contributed by atoms with Crippen LogP contribution in [-0.4, -0.2) is 30.7 Å². The molecule has 2 aliphatic heterocycles. The molecule has 3 nitrogen and oxygen atoms in total. The Morgan fingerprint density at radius 3 is 2.69 bits per heavy atom. The Hall–Kier alpha value is -2.00. The third-order valence-electron chi connectivity index (χ3n) is 6.77. The molecular weight excluding hydrogens is 318 g/mol. The lowest BCUT2D eigenvalue weighted by atomic mass is 9.77. The molecule has 5 rings (SSSR count). The lowest BCUT2D eigenvalue weighted by Crippen LogP contribution is -2.56. The second-order valence-electron chi connectivity index (χ2n) is 8.84. The molecule has 1 aliphatic carbocycles. The third kappa shape index (κ3) is 2.52. The van der Waals surface area contributed by atoms with Crippen LogP contribution >= 0.6 is 0 Å². The molecule has 2 aromatic rings. The van der Waals surface area contributed by atoms with E-state index in [2.05, 4.69) is 77.5 Å². The topological polar surface area (TPSA) is 18.5 Å². The van der Waals surface area contributed by atoms with Gasteiger partial charge in [0, 0.05) is 25.2 Å². The van der Waals surface area contributed by atoms with Crippen molar-refractivity contribution in [1.29, 1.82) is 0 Å². The minimum atomic E-state index is 0.273. The lowest BCUT2D eigenvalue weighted by Gasteiger charge is -2.50. The van der Waals surface area contributed by atoms with Gasteiger partial charge in [0.1, 0.15) is 0 Å². The van der Waals surface area contributed by atoms with E-state index in [1.165, 1.54) is 43.7 Å². The van der Waals surface area contributed by atoms with Crippen molar-refractivity contribution in [1.82, 2.24) is 4.90 Å². The molecule has 3 heteroatoms. The second-order valence-corrected chi connectivity index (χ2v) is 8.84. The van der Waals surface area contributed by atoms with Crippen LogP contribution in [0.1, 0.15) is 43.9 Å². The van der Waals surface area contributed by atoms with Gasteiger partial charge in [-0.05, 0) is 47.9 Å². The summed E-state index contributed by atoms with van der Waals surface area (Å²) in [6, 6.07) is 19.0. The molecule has 0 radical (unpaired) electrons. The van der Waals surface area contributed by atoms with Crippen LogP contribution in [0.4, 0.5) is 11.4 Å². The fourth-order valence-corrected chi connectivity index (χ4v) is 5.55. The number of rotatable bonds is 2. The van der Waals surface area contributed by atoms with Gasteiger partial charge in [-0.15, -0.1) is 0 Å². The molecule has 136 valence electrons. The molecule has 2 aromatic carbocycles. The van der Waals surface area contributed by atoms with E-state index < -0.39 is 0 Å². The maximum atomic E-state index is 3.58. The standard InChI is InChI=1S/C23H29N3/c1-23(2)15-25(20-12-11-17-7-3-4-8-18(17)20)14-13-22(23)26-16-24-19-9-5-6-10-21(19)26/h3-10,20,22,24H,11-16H2,1-2H3. The highest BCUT2D eigenvalue weighted by molar-refractivity contribution is 5.75. The van der Waals surface area contributed by atoms with E-state index in [0.717, 1.165) is 6.67 Å². The van der Waals surface area contributed by atoms with Crippen LogP contribution in [-0.2, 0) is 6.42 Å². The number of anilines is 2. The Balaban J connectivity index is 1.37. The van der Waals surface area contributed by atoms with Crippen LogP contribution in [0.15, 0.2) is 48.5 Å². The Morgan fingerprint density at radius 1 is 1.00 bits per heavy atom. The average Bonchev–Trinajstić information content (AvgIpc) is 3.25. The summed E-state index contributed by atoms with van der Waals surface area (Å²) in [5.74, 6) is 0. The van der Waals surface area contributed by atoms with Gasteiger partial charge < -0.3 is 10.2 Å². The molecular formula is C23H29N3. The molecule has 0 amide bonds. The van der Waals surface area contributed by atoms with E-state index in [-0.39, 0.29) is 5.41 Å². The average molecular weight is 348 g/mol. The number of benzene rings is 2. The fourth-order valence-electron chi connectivity index (χ4n) is 5.55. The van der Waals surface area contributed by atoms with Gasteiger partial charge in [-0.3, -0.25) is 4.90 Å². The number of nitrogens with one attached hydrogen (secondary N) is 1. The summed E-state index contributed by atoms with van der Waals surface area (Å²) in [4.78, 5) is 5.37. The molecule has 26 heavy (non-hydrogen) atoms. The van der Waals surface area contributed by atoms with Crippen LogP contribution in [0.2, 0.25) is 0 Å². The first-order valence-electron chi connectivity index (χ1n) is 10.0. The van der Waals surface area contributed by atoms with Gasteiger partial charge in [0.15, 0.2) is 0 Å². The first kappa shape index (κ1) is 16.2. The summed E-state index contributed by atoms with van der Waals surface area (Å²) in [6.07, 6.45) is 3.76. The lowest BCUT2D eigenvalue weighted by molar-refractivity contribution is 0.0583. The van der Waals surface area contributed by atoms with Crippen LogP contribution in [0.25, 0.3) is 0 Å². The van der Waals surface area contributed by atoms with E-state index in [1.54, 1.807) is 11.1 Å². The first-order valence-corrected chi connectivity index (χ1v) is 10.0. The predicted molar refractivity (Wildman–Crippen MR) is 109 cm³/mol. The molecule has 0 spiro atoms. The summed E-state index contributed by atoms with van der Waals surface area (Å²) < 4.78 is 0. The largest absolute Gasteiger partial charge is 0.366 e. The van der Waals surface area contributed by atoms with Gasteiger partial charge in [-0.2, -0.15) is 0 Å². The number of nitrogens with zero attached hydrogens (tertiary/aromatic N) is 2. The number of hydrogen-bond acceptors (Lipinski definition) is 3. The first-order chi connectivity index (χ1) is 12.6. The van der Waals surface area contributed by atoms with Crippen molar-refractivity contribution in [3.8, 4) is 0 Å². The van der Waals surface area contributed by atoms with E-state index >= 15 is 0 Å². The number of likely N-dealkylation sites (tertiary alicyclic amines) is 1. The zero-order chi connectivity index (χ0) is 17.7. The zero-order valence-electron chi connectivity index (χ0n) is 15.9. The van der Waals surface area contributed by atoms with E-state index in [0.29, 0.717) is 12.1 Å².